The highest BCUT2D eigenvalue weighted by Gasteiger charge is 2.19. The van der Waals surface area contributed by atoms with Gasteiger partial charge in [-0.15, -0.1) is 11.8 Å². The first-order valence-electron chi connectivity index (χ1n) is 9.13. The van der Waals surface area contributed by atoms with E-state index >= 15 is 0 Å². The van der Waals surface area contributed by atoms with Gasteiger partial charge in [0.25, 0.3) is 0 Å². The first kappa shape index (κ1) is 19.0. The van der Waals surface area contributed by atoms with Crippen molar-refractivity contribution in [1.82, 2.24) is 9.97 Å². The van der Waals surface area contributed by atoms with Crippen LogP contribution < -0.4 is 9.80 Å². The molecule has 4 rings (SSSR count). The molecule has 0 N–H and O–H groups in total. The summed E-state index contributed by atoms with van der Waals surface area (Å²) >= 11 is 7.58. The van der Waals surface area contributed by atoms with Crippen LogP contribution >= 0.6 is 23.4 Å². The van der Waals surface area contributed by atoms with Crippen LogP contribution in [0.15, 0.2) is 66.0 Å². The van der Waals surface area contributed by atoms with Crippen molar-refractivity contribution < 1.29 is 4.39 Å². The van der Waals surface area contributed by atoms with Crippen LogP contribution in [0.2, 0.25) is 5.02 Å². The van der Waals surface area contributed by atoms with E-state index < -0.39 is 0 Å². The van der Waals surface area contributed by atoms with Crippen LogP contribution in [0.25, 0.3) is 0 Å². The topological polar surface area (TPSA) is 32.3 Å². The van der Waals surface area contributed by atoms with Crippen molar-refractivity contribution in [2.75, 3.05) is 36.0 Å². The third kappa shape index (κ3) is 4.39. The molecule has 0 atom stereocenters. The number of hydrogen-bond donors (Lipinski definition) is 0. The molecule has 4 nitrogen and oxygen atoms in total. The van der Waals surface area contributed by atoms with E-state index in [9.17, 15) is 4.39 Å². The van der Waals surface area contributed by atoms with Crippen LogP contribution in [0.1, 0.15) is 5.56 Å². The molecule has 0 bridgehead atoms. The quantitative estimate of drug-likeness (QED) is 0.438. The second kappa shape index (κ2) is 8.80. The summed E-state index contributed by atoms with van der Waals surface area (Å²) in [6.07, 6.45) is 1.57. The summed E-state index contributed by atoms with van der Waals surface area (Å²) in [5, 5.41) is 1.26. The molecule has 0 amide bonds. The van der Waals surface area contributed by atoms with Crippen molar-refractivity contribution in [3.8, 4) is 0 Å². The second-order valence-corrected chi connectivity index (χ2v) is 7.92. The zero-order valence-electron chi connectivity index (χ0n) is 15.3. The fraction of sp³-hybridized carbons (Fsp3) is 0.238. The predicted molar refractivity (Wildman–Crippen MR) is 114 cm³/mol. The van der Waals surface area contributed by atoms with Gasteiger partial charge in [0.05, 0.1) is 0 Å². The summed E-state index contributed by atoms with van der Waals surface area (Å²) < 4.78 is 14.0. The monoisotopic (exact) mass is 414 g/mol. The fourth-order valence-corrected chi connectivity index (χ4v) is 4.44. The van der Waals surface area contributed by atoms with Crippen LogP contribution in [0.3, 0.4) is 0 Å². The predicted octanol–water partition coefficient (Wildman–Crippen LogP) is 4.89. The lowest BCUT2D eigenvalue weighted by atomic mass is 10.2. The number of piperazine rings is 1. The number of anilines is 2. The minimum atomic E-state index is -0.286. The third-order valence-electron chi connectivity index (χ3n) is 4.78. The molecule has 1 aliphatic rings. The Morgan fingerprint density at radius 3 is 2.43 bits per heavy atom. The minimum absolute atomic E-state index is 0.286. The van der Waals surface area contributed by atoms with Crippen LogP contribution in [0.4, 0.5) is 15.9 Å². The SMILES string of the molecule is Fc1cccc(Cl)c1CSc1cc(N2CCN(c3ccccc3)CC2)ncn1. The normalized spacial score (nSPS) is 14.4. The Labute approximate surface area is 173 Å². The summed E-state index contributed by atoms with van der Waals surface area (Å²) in [6, 6.07) is 17.2. The summed E-state index contributed by atoms with van der Waals surface area (Å²) in [7, 11) is 0. The van der Waals surface area contributed by atoms with Crippen LogP contribution in [0, 0.1) is 5.82 Å². The molecule has 0 unspecified atom stereocenters. The van der Waals surface area contributed by atoms with Crippen LogP contribution in [0.5, 0.6) is 0 Å². The molecule has 0 spiro atoms. The zero-order chi connectivity index (χ0) is 19.3. The van der Waals surface area contributed by atoms with E-state index in [4.69, 9.17) is 11.6 Å². The highest BCUT2D eigenvalue weighted by Crippen LogP contribution is 2.29. The van der Waals surface area contributed by atoms with Gasteiger partial charge in [0.2, 0.25) is 0 Å². The van der Waals surface area contributed by atoms with Gasteiger partial charge in [-0.3, -0.25) is 0 Å². The van der Waals surface area contributed by atoms with E-state index in [1.54, 1.807) is 18.5 Å². The van der Waals surface area contributed by atoms with Gasteiger partial charge in [0.1, 0.15) is 23.0 Å². The molecule has 144 valence electrons. The molecule has 0 saturated carbocycles. The molecule has 3 aromatic rings. The zero-order valence-corrected chi connectivity index (χ0v) is 16.8. The maximum Gasteiger partial charge on any atom is 0.133 e. The van der Waals surface area contributed by atoms with E-state index in [0.717, 1.165) is 37.0 Å². The van der Waals surface area contributed by atoms with Gasteiger partial charge in [-0.25, -0.2) is 14.4 Å². The number of thioether (sulfide) groups is 1. The van der Waals surface area contributed by atoms with E-state index in [0.29, 0.717) is 16.3 Å². The first-order chi connectivity index (χ1) is 13.7. The molecule has 0 radical (unpaired) electrons. The number of para-hydroxylation sites is 1. The molecule has 1 aromatic heterocycles. The Hall–Kier alpha value is -2.31. The van der Waals surface area contributed by atoms with E-state index in [-0.39, 0.29) is 5.82 Å². The molecular weight excluding hydrogens is 395 g/mol. The first-order valence-corrected chi connectivity index (χ1v) is 10.5. The number of rotatable bonds is 5. The summed E-state index contributed by atoms with van der Waals surface area (Å²) in [6.45, 7) is 3.69. The number of hydrogen-bond acceptors (Lipinski definition) is 5. The summed E-state index contributed by atoms with van der Waals surface area (Å²) in [5.74, 6) is 1.06. The van der Waals surface area contributed by atoms with Gasteiger partial charge in [-0.1, -0.05) is 35.9 Å². The number of benzene rings is 2. The molecule has 7 heteroatoms. The van der Waals surface area contributed by atoms with Gasteiger partial charge in [-0.05, 0) is 24.3 Å². The Balaban J connectivity index is 1.39. The molecule has 28 heavy (non-hydrogen) atoms. The van der Waals surface area contributed by atoms with Crippen molar-refractivity contribution in [3.05, 3.63) is 77.3 Å². The second-order valence-electron chi connectivity index (χ2n) is 6.51. The lowest BCUT2D eigenvalue weighted by molar-refractivity contribution is 0.617. The van der Waals surface area contributed by atoms with Crippen molar-refractivity contribution in [1.29, 1.82) is 0 Å². The average Bonchev–Trinajstić information content (AvgIpc) is 2.74. The number of nitrogens with zero attached hydrogens (tertiary/aromatic N) is 4. The fourth-order valence-electron chi connectivity index (χ4n) is 3.23. The lowest BCUT2D eigenvalue weighted by Gasteiger charge is -2.36. The molecule has 1 aliphatic heterocycles. The van der Waals surface area contributed by atoms with Gasteiger partial charge in [0, 0.05) is 54.3 Å². The molecule has 1 fully saturated rings. The van der Waals surface area contributed by atoms with E-state index in [2.05, 4.69) is 44.0 Å². The van der Waals surface area contributed by atoms with E-state index in [1.807, 2.05) is 12.1 Å². The third-order valence-corrected chi connectivity index (χ3v) is 6.08. The lowest BCUT2D eigenvalue weighted by Crippen LogP contribution is -2.46. The van der Waals surface area contributed by atoms with Gasteiger partial charge in [0.15, 0.2) is 0 Å². The maximum absolute atomic E-state index is 14.0. The number of aromatic nitrogens is 2. The van der Waals surface area contributed by atoms with Gasteiger partial charge in [-0.2, -0.15) is 0 Å². The van der Waals surface area contributed by atoms with Crippen molar-refractivity contribution >= 4 is 34.9 Å². The summed E-state index contributed by atoms with van der Waals surface area (Å²) in [4.78, 5) is 13.4. The highest BCUT2D eigenvalue weighted by molar-refractivity contribution is 7.98. The Kier molecular flexibility index (Phi) is 5.98. The standard InChI is InChI=1S/C21H20ClFN4S/c22-18-7-4-8-19(23)17(18)14-28-21-13-20(24-15-25-21)27-11-9-26(10-12-27)16-5-2-1-3-6-16/h1-8,13,15H,9-12,14H2. The smallest absolute Gasteiger partial charge is 0.133 e. The Morgan fingerprint density at radius 1 is 0.929 bits per heavy atom. The van der Waals surface area contributed by atoms with Crippen molar-refractivity contribution in [2.24, 2.45) is 0 Å². The van der Waals surface area contributed by atoms with E-state index in [1.165, 1.54) is 23.5 Å². The van der Waals surface area contributed by atoms with Gasteiger partial charge >= 0.3 is 0 Å². The molecule has 2 heterocycles. The number of halogens is 2. The Bertz CT molecular complexity index is 912. The van der Waals surface area contributed by atoms with Gasteiger partial charge < -0.3 is 9.80 Å². The van der Waals surface area contributed by atoms with Crippen molar-refractivity contribution in [2.45, 2.75) is 10.8 Å². The average molecular weight is 415 g/mol. The summed E-state index contributed by atoms with van der Waals surface area (Å²) in [5.41, 5.74) is 1.76. The van der Waals surface area contributed by atoms with Crippen LogP contribution in [-0.2, 0) is 5.75 Å². The highest BCUT2D eigenvalue weighted by atomic mass is 35.5. The van der Waals surface area contributed by atoms with Crippen molar-refractivity contribution in [3.63, 3.8) is 0 Å². The Morgan fingerprint density at radius 2 is 1.68 bits per heavy atom. The van der Waals surface area contributed by atoms with Crippen LogP contribution in [-0.4, -0.2) is 36.1 Å². The molecule has 1 saturated heterocycles. The minimum Gasteiger partial charge on any atom is -0.368 e. The molecule has 0 aliphatic carbocycles. The molecule has 2 aromatic carbocycles. The maximum atomic E-state index is 14.0. The largest absolute Gasteiger partial charge is 0.368 e. The molecular formula is C21H20ClFN4S.